The molecule has 0 aliphatic rings. The van der Waals surface area contributed by atoms with Crippen LogP contribution in [0, 0.1) is 0 Å². The van der Waals surface area contributed by atoms with Crippen molar-refractivity contribution in [1.29, 1.82) is 0 Å². The largest absolute Gasteiger partial charge is 0.481 e. The van der Waals surface area contributed by atoms with Crippen LogP contribution in [0.15, 0.2) is 53.3 Å². The van der Waals surface area contributed by atoms with Gasteiger partial charge < -0.3 is 10.4 Å². The third-order valence-corrected chi connectivity index (χ3v) is 5.00. The molecular formula is C22H25N3O4. The zero-order chi connectivity index (χ0) is 21.0. The fourth-order valence-corrected chi connectivity index (χ4v) is 3.36. The summed E-state index contributed by atoms with van der Waals surface area (Å²) in [7, 11) is 0. The Labute approximate surface area is 168 Å². The van der Waals surface area contributed by atoms with Crippen molar-refractivity contribution in [3.63, 3.8) is 0 Å². The first-order valence-electron chi connectivity index (χ1n) is 9.73. The Morgan fingerprint density at radius 2 is 1.59 bits per heavy atom. The number of carbonyl (C=O) groups is 2. The molecule has 0 spiro atoms. The van der Waals surface area contributed by atoms with Crippen LogP contribution in [-0.4, -0.2) is 26.1 Å². The van der Waals surface area contributed by atoms with E-state index in [0.29, 0.717) is 17.8 Å². The van der Waals surface area contributed by atoms with Crippen molar-refractivity contribution in [3.8, 4) is 0 Å². The number of amides is 1. The summed E-state index contributed by atoms with van der Waals surface area (Å²) < 4.78 is 3.39. The number of hydrogen-bond acceptors (Lipinski definition) is 3. The summed E-state index contributed by atoms with van der Waals surface area (Å²) in [6.07, 6.45) is 1.01. The first-order chi connectivity index (χ1) is 13.9. The third kappa shape index (κ3) is 4.39. The van der Waals surface area contributed by atoms with Gasteiger partial charge in [0, 0.05) is 25.2 Å². The number of carboxylic acids is 1. The Hall–Kier alpha value is -3.35. The van der Waals surface area contributed by atoms with E-state index in [2.05, 4.69) is 5.32 Å². The van der Waals surface area contributed by atoms with Crippen molar-refractivity contribution in [2.75, 3.05) is 5.32 Å². The summed E-state index contributed by atoms with van der Waals surface area (Å²) in [5.74, 6) is -1.70. The minimum atomic E-state index is -0.894. The maximum Gasteiger partial charge on any atom is 0.329 e. The topological polar surface area (TPSA) is 93.3 Å². The van der Waals surface area contributed by atoms with E-state index in [0.717, 1.165) is 17.5 Å². The molecule has 0 bridgehead atoms. The number of nitrogens with one attached hydrogen (secondary N) is 1. The second kappa shape index (κ2) is 8.77. The summed E-state index contributed by atoms with van der Waals surface area (Å²) in [6.45, 7) is 4.56. The molecule has 29 heavy (non-hydrogen) atoms. The minimum Gasteiger partial charge on any atom is -0.481 e. The lowest BCUT2D eigenvalue weighted by Gasteiger charge is -2.09. The number of anilines is 1. The number of benzene rings is 2. The fraction of sp³-hybridized carbons (Fsp3) is 0.318. The molecule has 1 aromatic heterocycles. The van der Waals surface area contributed by atoms with Crippen LogP contribution in [0.3, 0.4) is 0 Å². The molecule has 0 aliphatic carbocycles. The summed E-state index contributed by atoms with van der Waals surface area (Å²) in [6, 6.07) is 14.4. The maximum absolute atomic E-state index is 12.8. The van der Waals surface area contributed by atoms with Crippen LogP contribution in [0.2, 0.25) is 0 Å². The first kappa shape index (κ1) is 20.4. The van der Waals surface area contributed by atoms with E-state index in [9.17, 15) is 14.4 Å². The Kier molecular flexibility index (Phi) is 6.16. The van der Waals surface area contributed by atoms with Gasteiger partial charge in [-0.3, -0.25) is 18.7 Å². The van der Waals surface area contributed by atoms with Crippen LogP contribution in [0.4, 0.5) is 5.69 Å². The molecule has 7 heteroatoms. The zero-order valence-electron chi connectivity index (χ0n) is 16.6. The second-order valence-corrected chi connectivity index (χ2v) is 7.05. The van der Waals surface area contributed by atoms with Gasteiger partial charge >= 0.3 is 11.7 Å². The summed E-state index contributed by atoms with van der Waals surface area (Å²) in [5, 5.41) is 11.9. The molecule has 1 atom stereocenters. The average Bonchev–Trinajstić information content (AvgIpc) is 2.98. The van der Waals surface area contributed by atoms with Crippen molar-refractivity contribution < 1.29 is 14.7 Å². The summed E-state index contributed by atoms with van der Waals surface area (Å²) in [4.78, 5) is 36.2. The Morgan fingerprint density at radius 1 is 1.00 bits per heavy atom. The van der Waals surface area contributed by atoms with Gasteiger partial charge in [0.05, 0.1) is 17.0 Å². The maximum atomic E-state index is 12.8. The van der Waals surface area contributed by atoms with Gasteiger partial charge in [0.25, 0.3) is 0 Å². The van der Waals surface area contributed by atoms with Crippen LogP contribution < -0.4 is 11.0 Å². The molecule has 3 rings (SSSR count). The lowest BCUT2D eigenvalue weighted by Crippen LogP contribution is -2.26. The molecule has 2 N–H and O–H groups in total. The normalized spacial score (nSPS) is 12.1. The van der Waals surface area contributed by atoms with E-state index in [1.165, 1.54) is 0 Å². The predicted octanol–water partition coefficient (Wildman–Crippen LogP) is 3.43. The van der Waals surface area contributed by atoms with Crippen LogP contribution >= 0.6 is 0 Å². The lowest BCUT2D eigenvalue weighted by atomic mass is 10.0. The van der Waals surface area contributed by atoms with E-state index in [-0.39, 0.29) is 24.6 Å². The van der Waals surface area contributed by atoms with Crippen LogP contribution in [0.5, 0.6) is 0 Å². The SMILES string of the molecule is CCCn1c(=O)n(CCC(=O)Nc2ccc(C(C)C(=O)O)cc2)c2ccccc21. The molecule has 1 amide bonds. The van der Waals surface area contributed by atoms with Gasteiger partial charge in [0.1, 0.15) is 0 Å². The molecule has 0 radical (unpaired) electrons. The van der Waals surface area contributed by atoms with Crippen LogP contribution in [-0.2, 0) is 22.7 Å². The number of aromatic nitrogens is 2. The van der Waals surface area contributed by atoms with Crippen molar-refractivity contribution in [1.82, 2.24) is 9.13 Å². The highest BCUT2D eigenvalue weighted by Crippen LogP contribution is 2.18. The molecule has 0 aliphatic heterocycles. The van der Waals surface area contributed by atoms with Gasteiger partial charge in [0.15, 0.2) is 0 Å². The molecule has 152 valence electrons. The standard InChI is InChI=1S/C22H25N3O4/c1-3-13-24-18-6-4-5-7-19(18)25(22(24)29)14-12-20(26)23-17-10-8-16(9-11-17)15(2)21(27)28/h4-11,15H,3,12-14H2,1-2H3,(H,23,26)(H,27,28). The molecular weight excluding hydrogens is 370 g/mol. The van der Waals surface area contributed by atoms with Gasteiger partial charge in [-0.2, -0.15) is 0 Å². The third-order valence-electron chi connectivity index (χ3n) is 5.00. The number of para-hydroxylation sites is 2. The van der Waals surface area contributed by atoms with Crippen molar-refractivity contribution in [3.05, 3.63) is 64.6 Å². The molecule has 1 unspecified atom stereocenters. The average molecular weight is 395 g/mol. The minimum absolute atomic E-state index is 0.104. The number of aliphatic carboxylic acids is 1. The highest BCUT2D eigenvalue weighted by molar-refractivity contribution is 5.91. The van der Waals surface area contributed by atoms with Crippen LogP contribution in [0.25, 0.3) is 11.0 Å². The summed E-state index contributed by atoms with van der Waals surface area (Å²) in [5.41, 5.74) is 2.87. The Balaban J connectivity index is 1.69. The number of rotatable bonds is 8. The predicted molar refractivity (Wildman–Crippen MR) is 112 cm³/mol. The van der Waals surface area contributed by atoms with E-state index in [1.54, 1.807) is 40.3 Å². The highest BCUT2D eigenvalue weighted by atomic mass is 16.4. The van der Waals surface area contributed by atoms with E-state index in [4.69, 9.17) is 5.11 Å². The van der Waals surface area contributed by atoms with Crippen molar-refractivity contribution in [2.24, 2.45) is 0 Å². The number of hydrogen-bond donors (Lipinski definition) is 2. The number of carboxylic acid groups (broad SMARTS) is 1. The molecule has 3 aromatic rings. The monoisotopic (exact) mass is 395 g/mol. The van der Waals surface area contributed by atoms with Gasteiger partial charge in [0.2, 0.25) is 5.91 Å². The lowest BCUT2D eigenvalue weighted by molar-refractivity contribution is -0.138. The zero-order valence-corrected chi connectivity index (χ0v) is 16.6. The van der Waals surface area contributed by atoms with E-state index >= 15 is 0 Å². The van der Waals surface area contributed by atoms with Crippen molar-refractivity contribution in [2.45, 2.75) is 45.7 Å². The smallest absolute Gasteiger partial charge is 0.329 e. The first-order valence-corrected chi connectivity index (χ1v) is 9.73. The van der Waals surface area contributed by atoms with Crippen LogP contribution in [0.1, 0.15) is 38.2 Å². The van der Waals surface area contributed by atoms with Gasteiger partial charge in [-0.15, -0.1) is 0 Å². The van der Waals surface area contributed by atoms with E-state index in [1.807, 2.05) is 31.2 Å². The number of imidazole rings is 1. The quantitative estimate of drug-likeness (QED) is 0.611. The van der Waals surface area contributed by atoms with Gasteiger partial charge in [-0.1, -0.05) is 31.2 Å². The van der Waals surface area contributed by atoms with Crippen molar-refractivity contribution >= 4 is 28.6 Å². The molecule has 7 nitrogen and oxygen atoms in total. The number of nitrogens with zero attached hydrogens (tertiary/aromatic N) is 2. The molecule has 0 fully saturated rings. The number of carbonyl (C=O) groups excluding carboxylic acids is 1. The Morgan fingerprint density at radius 3 is 2.14 bits per heavy atom. The highest BCUT2D eigenvalue weighted by Gasteiger charge is 2.15. The number of aryl methyl sites for hydroxylation is 2. The molecule has 0 saturated heterocycles. The molecule has 1 heterocycles. The Bertz CT molecular complexity index is 1080. The fourth-order valence-electron chi connectivity index (χ4n) is 3.36. The second-order valence-electron chi connectivity index (χ2n) is 7.05. The molecule has 0 saturated carbocycles. The van der Waals surface area contributed by atoms with E-state index < -0.39 is 11.9 Å². The molecule has 2 aromatic carbocycles. The van der Waals surface area contributed by atoms with Gasteiger partial charge in [-0.25, -0.2) is 4.79 Å². The number of fused-ring (bicyclic) bond motifs is 1. The summed E-state index contributed by atoms with van der Waals surface area (Å²) >= 11 is 0. The van der Waals surface area contributed by atoms with Gasteiger partial charge in [-0.05, 0) is 43.2 Å².